The lowest BCUT2D eigenvalue weighted by Crippen LogP contribution is -2.50. The minimum absolute atomic E-state index is 0.0972. The number of hydrogen-bond acceptors (Lipinski definition) is 3. The van der Waals surface area contributed by atoms with E-state index in [1.54, 1.807) is 6.07 Å². The predicted molar refractivity (Wildman–Crippen MR) is 77.8 cm³/mol. The highest BCUT2D eigenvalue weighted by Crippen LogP contribution is 2.49. The summed E-state index contributed by atoms with van der Waals surface area (Å²) >= 11 is 0. The van der Waals surface area contributed by atoms with Crippen LogP contribution >= 0.6 is 0 Å². The van der Waals surface area contributed by atoms with Crippen molar-refractivity contribution >= 4 is 11.8 Å². The minimum Gasteiger partial charge on any atom is -0.367 e. The number of ether oxygens (including phenoxy) is 1. The fourth-order valence-electron chi connectivity index (χ4n) is 3.04. The Hall–Kier alpha value is -2.09. The van der Waals surface area contributed by atoms with Crippen molar-refractivity contribution in [2.45, 2.75) is 24.6 Å². The first-order chi connectivity index (χ1) is 11.3. The molecule has 0 aromatic heterocycles. The van der Waals surface area contributed by atoms with Gasteiger partial charge in [0.25, 0.3) is 0 Å². The molecule has 3 atom stereocenters. The Morgan fingerprint density at radius 3 is 2.71 bits per heavy atom. The molecule has 1 aromatic rings. The Morgan fingerprint density at radius 1 is 1.29 bits per heavy atom. The molecular formula is C16H17F3N2O3. The van der Waals surface area contributed by atoms with Crippen LogP contribution in [0.4, 0.5) is 13.2 Å². The summed E-state index contributed by atoms with van der Waals surface area (Å²) < 4.78 is 43.5. The van der Waals surface area contributed by atoms with Crippen LogP contribution in [-0.4, -0.2) is 42.5 Å². The molecule has 2 fully saturated rings. The minimum atomic E-state index is -4.40. The lowest BCUT2D eigenvalue weighted by Gasteiger charge is -2.31. The number of morpholine rings is 1. The fourth-order valence-corrected chi connectivity index (χ4v) is 3.04. The van der Waals surface area contributed by atoms with Crippen molar-refractivity contribution in [1.29, 1.82) is 0 Å². The maximum Gasteiger partial charge on any atom is 0.416 e. The molecule has 1 heterocycles. The van der Waals surface area contributed by atoms with E-state index in [1.807, 2.05) is 0 Å². The SMILES string of the molecule is NC(=O)[C@@H]1CN(C(=O)[C@@H]2C[C@@H]2c2cccc(C(F)(F)F)c2)CCO1. The largest absolute Gasteiger partial charge is 0.416 e. The molecule has 5 nitrogen and oxygen atoms in total. The van der Waals surface area contributed by atoms with Crippen LogP contribution in [0.3, 0.4) is 0 Å². The number of nitrogens with two attached hydrogens (primary N) is 1. The van der Waals surface area contributed by atoms with Gasteiger partial charge in [0.05, 0.1) is 18.7 Å². The fraction of sp³-hybridized carbons (Fsp3) is 0.500. The lowest BCUT2D eigenvalue weighted by atomic mass is 10.0. The molecule has 1 aliphatic carbocycles. The van der Waals surface area contributed by atoms with E-state index in [2.05, 4.69) is 0 Å². The number of hydrogen-bond donors (Lipinski definition) is 1. The number of carbonyl (C=O) groups excluding carboxylic acids is 2. The number of nitrogens with zero attached hydrogens (tertiary/aromatic N) is 1. The van der Waals surface area contributed by atoms with E-state index in [-0.39, 0.29) is 30.9 Å². The molecule has 2 N–H and O–H groups in total. The summed E-state index contributed by atoms with van der Waals surface area (Å²) in [6, 6.07) is 5.08. The zero-order valence-electron chi connectivity index (χ0n) is 12.8. The summed E-state index contributed by atoms with van der Waals surface area (Å²) in [7, 11) is 0. The number of rotatable bonds is 3. The van der Waals surface area contributed by atoms with Crippen LogP contribution in [0.5, 0.6) is 0 Å². The lowest BCUT2D eigenvalue weighted by molar-refractivity contribution is -0.146. The Balaban J connectivity index is 1.67. The van der Waals surface area contributed by atoms with Crippen molar-refractivity contribution in [3.63, 3.8) is 0 Å². The number of benzene rings is 1. The summed E-state index contributed by atoms with van der Waals surface area (Å²) in [4.78, 5) is 25.2. The third-order valence-electron chi connectivity index (χ3n) is 4.45. The number of halogens is 3. The second kappa shape index (κ2) is 6.08. The molecule has 0 bridgehead atoms. The highest BCUT2D eigenvalue weighted by molar-refractivity contribution is 5.85. The number of primary amides is 1. The van der Waals surface area contributed by atoms with Gasteiger partial charge in [-0.15, -0.1) is 0 Å². The molecule has 1 saturated carbocycles. The zero-order chi connectivity index (χ0) is 17.5. The number of carbonyl (C=O) groups is 2. The summed E-state index contributed by atoms with van der Waals surface area (Å²) in [5, 5.41) is 0. The van der Waals surface area contributed by atoms with Crippen LogP contribution in [0, 0.1) is 5.92 Å². The molecule has 130 valence electrons. The Kier molecular flexibility index (Phi) is 4.25. The first-order valence-corrected chi connectivity index (χ1v) is 7.64. The van der Waals surface area contributed by atoms with Gasteiger partial charge in [0.1, 0.15) is 0 Å². The van der Waals surface area contributed by atoms with E-state index in [1.165, 1.54) is 11.0 Å². The molecule has 0 radical (unpaired) electrons. The molecule has 0 spiro atoms. The van der Waals surface area contributed by atoms with Gasteiger partial charge >= 0.3 is 6.18 Å². The van der Waals surface area contributed by atoms with Gasteiger partial charge < -0.3 is 15.4 Å². The summed E-state index contributed by atoms with van der Waals surface area (Å²) in [6.07, 6.45) is -4.71. The van der Waals surface area contributed by atoms with Gasteiger partial charge in [-0.05, 0) is 24.0 Å². The topological polar surface area (TPSA) is 72.6 Å². The molecule has 3 rings (SSSR count). The van der Waals surface area contributed by atoms with E-state index in [9.17, 15) is 22.8 Å². The van der Waals surface area contributed by atoms with Crippen LogP contribution in [0.15, 0.2) is 24.3 Å². The maximum absolute atomic E-state index is 12.8. The Morgan fingerprint density at radius 2 is 2.04 bits per heavy atom. The van der Waals surface area contributed by atoms with Gasteiger partial charge in [-0.1, -0.05) is 18.2 Å². The first kappa shape index (κ1) is 16.8. The van der Waals surface area contributed by atoms with E-state index in [4.69, 9.17) is 10.5 Å². The molecule has 8 heteroatoms. The second-order valence-corrected chi connectivity index (χ2v) is 6.12. The van der Waals surface area contributed by atoms with Gasteiger partial charge in [0.2, 0.25) is 11.8 Å². The molecule has 24 heavy (non-hydrogen) atoms. The average molecular weight is 342 g/mol. The third kappa shape index (κ3) is 3.38. The van der Waals surface area contributed by atoms with Crippen molar-refractivity contribution < 1.29 is 27.5 Å². The normalized spacial score (nSPS) is 27.0. The molecule has 2 aliphatic rings. The molecule has 0 unspecified atom stereocenters. The molecule has 2 amide bonds. The molecular weight excluding hydrogens is 325 g/mol. The van der Waals surface area contributed by atoms with E-state index < -0.39 is 23.8 Å². The first-order valence-electron chi connectivity index (χ1n) is 7.64. The zero-order valence-corrected chi connectivity index (χ0v) is 12.8. The summed E-state index contributed by atoms with van der Waals surface area (Å²) in [5.74, 6) is -1.35. The van der Waals surface area contributed by atoms with Crippen molar-refractivity contribution in [3.8, 4) is 0 Å². The predicted octanol–water partition coefficient (Wildman–Crippen LogP) is 1.52. The van der Waals surface area contributed by atoms with Gasteiger partial charge in [-0.2, -0.15) is 13.2 Å². The average Bonchev–Trinajstić information content (AvgIpc) is 3.34. The van der Waals surface area contributed by atoms with Crippen LogP contribution in [0.25, 0.3) is 0 Å². The highest BCUT2D eigenvalue weighted by Gasteiger charge is 2.47. The third-order valence-corrected chi connectivity index (χ3v) is 4.45. The number of amides is 2. The van der Waals surface area contributed by atoms with Gasteiger partial charge in [0, 0.05) is 12.5 Å². The van der Waals surface area contributed by atoms with Crippen LogP contribution in [-0.2, 0) is 20.5 Å². The van der Waals surface area contributed by atoms with Gasteiger partial charge in [-0.3, -0.25) is 9.59 Å². The van der Waals surface area contributed by atoms with Crippen molar-refractivity contribution in [2.24, 2.45) is 11.7 Å². The smallest absolute Gasteiger partial charge is 0.367 e. The van der Waals surface area contributed by atoms with Crippen LogP contribution < -0.4 is 5.73 Å². The summed E-state index contributed by atoms with van der Waals surface area (Å²) in [6.45, 7) is 0.675. The molecule has 1 saturated heterocycles. The quantitative estimate of drug-likeness (QED) is 0.905. The Labute approximate surface area is 136 Å². The van der Waals surface area contributed by atoms with Crippen molar-refractivity contribution in [2.75, 3.05) is 19.7 Å². The van der Waals surface area contributed by atoms with Crippen molar-refractivity contribution in [3.05, 3.63) is 35.4 Å². The standard InChI is InChI=1S/C16H17F3N2O3/c17-16(18,19)10-3-1-2-9(6-10)11-7-12(11)15(23)21-4-5-24-13(8-21)14(20)22/h1-3,6,11-13H,4-5,7-8H2,(H2,20,22)/t11-,12-,13+/m1/s1. The van der Waals surface area contributed by atoms with Crippen LogP contribution in [0.2, 0.25) is 0 Å². The van der Waals surface area contributed by atoms with Gasteiger partial charge in [0.15, 0.2) is 6.10 Å². The Bertz CT molecular complexity index is 662. The molecule has 1 aromatic carbocycles. The van der Waals surface area contributed by atoms with E-state index in [0.29, 0.717) is 18.5 Å². The second-order valence-electron chi connectivity index (χ2n) is 6.12. The van der Waals surface area contributed by atoms with E-state index >= 15 is 0 Å². The van der Waals surface area contributed by atoms with Gasteiger partial charge in [-0.25, -0.2) is 0 Å². The number of alkyl halides is 3. The van der Waals surface area contributed by atoms with Crippen LogP contribution in [0.1, 0.15) is 23.5 Å². The monoisotopic (exact) mass is 342 g/mol. The summed E-state index contributed by atoms with van der Waals surface area (Å²) in [5.41, 5.74) is 5.00. The maximum atomic E-state index is 12.8. The van der Waals surface area contributed by atoms with E-state index in [0.717, 1.165) is 12.1 Å². The van der Waals surface area contributed by atoms with Crippen molar-refractivity contribution in [1.82, 2.24) is 4.90 Å². The molecule has 1 aliphatic heterocycles. The highest BCUT2D eigenvalue weighted by atomic mass is 19.4.